The lowest BCUT2D eigenvalue weighted by atomic mass is 9.97. The minimum Gasteiger partial charge on any atom is -0.459 e. The van der Waals surface area contributed by atoms with Crippen molar-refractivity contribution in [2.24, 2.45) is 5.92 Å². The first-order valence-corrected chi connectivity index (χ1v) is 8.18. The van der Waals surface area contributed by atoms with Crippen LogP contribution in [0.1, 0.15) is 57.3 Å². The predicted molar refractivity (Wildman–Crippen MR) is 83.8 cm³/mol. The quantitative estimate of drug-likeness (QED) is 0.791. The number of benzene rings is 1. The van der Waals surface area contributed by atoms with Crippen LogP contribution in [0.15, 0.2) is 28.7 Å². The van der Waals surface area contributed by atoms with E-state index in [2.05, 4.69) is 12.2 Å². The molecule has 0 saturated heterocycles. The van der Waals surface area contributed by atoms with Gasteiger partial charge in [-0.05, 0) is 49.6 Å². The number of nitrogens with one attached hydrogen (secondary N) is 1. The molecule has 1 aromatic carbocycles. The highest BCUT2D eigenvalue weighted by molar-refractivity contribution is 5.78. The summed E-state index contributed by atoms with van der Waals surface area (Å²) in [6, 6.07) is 6.94. The molecule has 3 rings (SSSR count). The van der Waals surface area contributed by atoms with Crippen molar-refractivity contribution in [3.63, 3.8) is 0 Å². The maximum atomic E-state index is 13.3. The summed E-state index contributed by atoms with van der Waals surface area (Å²) in [6.45, 7) is 3.03. The van der Waals surface area contributed by atoms with E-state index in [-0.39, 0.29) is 11.9 Å². The topological polar surface area (TPSA) is 25.2 Å². The summed E-state index contributed by atoms with van der Waals surface area (Å²) >= 11 is 0. The number of fused-ring (bicyclic) bond motifs is 1. The number of hydrogen-bond donors (Lipinski definition) is 1. The van der Waals surface area contributed by atoms with Gasteiger partial charge in [-0.3, -0.25) is 0 Å². The van der Waals surface area contributed by atoms with Gasteiger partial charge in [0.2, 0.25) is 0 Å². The lowest BCUT2D eigenvalue weighted by Crippen LogP contribution is -2.21. The van der Waals surface area contributed by atoms with Gasteiger partial charge in [0.1, 0.15) is 17.2 Å². The summed E-state index contributed by atoms with van der Waals surface area (Å²) in [6.07, 6.45) is 7.89. The Labute approximate surface area is 125 Å². The van der Waals surface area contributed by atoms with Crippen molar-refractivity contribution in [3.05, 3.63) is 35.8 Å². The first-order chi connectivity index (χ1) is 10.3. The van der Waals surface area contributed by atoms with Crippen LogP contribution in [0.3, 0.4) is 0 Å². The van der Waals surface area contributed by atoms with Gasteiger partial charge in [0.15, 0.2) is 0 Å². The summed E-state index contributed by atoms with van der Waals surface area (Å²) < 4.78 is 19.2. The molecule has 21 heavy (non-hydrogen) atoms. The van der Waals surface area contributed by atoms with E-state index in [1.807, 2.05) is 6.07 Å². The fourth-order valence-electron chi connectivity index (χ4n) is 3.50. The van der Waals surface area contributed by atoms with Crippen molar-refractivity contribution in [3.8, 4) is 0 Å². The molecule has 1 aliphatic rings. The van der Waals surface area contributed by atoms with Gasteiger partial charge >= 0.3 is 0 Å². The van der Waals surface area contributed by atoms with Gasteiger partial charge in [-0.25, -0.2) is 4.39 Å². The Bertz CT molecular complexity index is 586. The van der Waals surface area contributed by atoms with Crippen LogP contribution in [-0.4, -0.2) is 6.54 Å². The van der Waals surface area contributed by atoms with Gasteiger partial charge in [0, 0.05) is 5.39 Å². The highest BCUT2D eigenvalue weighted by atomic mass is 19.1. The molecular formula is C18H24FNO. The second-order valence-electron chi connectivity index (χ2n) is 6.17. The zero-order valence-electron chi connectivity index (χ0n) is 12.7. The molecule has 2 aromatic rings. The van der Waals surface area contributed by atoms with Crippen LogP contribution < -0.4 is 5.32 Å². The van der Waals surface area contributed by atoms with Crippen LogP contribution in [0.4, 0.5) is 4.39 Å². The Morgan fingerprint density at radius 3 is 2.86 bits per heavy atom. The standard InChI is InChI=1S/C18H24FNO/c1-2-20-16(9-7-13-5-3-4-6-13)18-12-14-11-15(19)8-10-17(14)21-18/h8,10-13,16,20H,2-7,9H2,1H3. The van der Waals surface area contributed by atoms with E-state index in [0.717, 1.165) is 35.6 Å². The van der Waals surface area contributed by atoms with E-state index in [1.165, 1.54) is 38.2 Å². The molecule has 1 N–H and O–H groups in total. The number of furan rings is 1. The third-order valence-corrected chi connectivity index (χ3v) is 4.63. The Balaban J connectivity index is 1.74. The predicted octanol–water partition coefficient (Wildman–Crippen LogP) is 5.19. The van der Waals surface area contributed by atoms with Crippen LogP contribution >= 0.6 is 0 Å². The minimum atomic E-state index is -0.208. The molecule has 114 valence electrons. The van der Waals surface area contributed by atoms with E-state index < -0.39 is 0 Å². The Kier molecular flexibility index (Phi) is 4.59. The molecule has 1 heterocycles. The van der Waals surface area contributed by atoms with Gasteiger partial charge in [0.25, 0.3) is 0 Å². The number of rotatable bonds is 6. The maximum Gasteiger partial charge on any atom is 0.134 e. The Morgan fingerprint density at radius 1 is 1.29 bits per heavy atom. The molecule has 1 fully saturated rings. The minimum absolute atomic E-state index is 0.208. The fraction of sp³-hybridized carbons (Fsp3) is 0.556. The third kappa shape index (κ3) is 3.46. The second kappa shape index (κ2) is 6.61. The smallest absolute Gasteiger partial charge is 0.134 e. The van der Waals surface area contributed by atoms with E-state index in [1.54, 1.807) is 12.1 Å². The lowest BCUT2D eigenvalue weighted by Gasteiger charge is -2.17. The monoisotopic (exact) mass is 289 g/mol. The van der Waals surface area contributed by atoms with Gasteiger partial charge in [-0.1, -0.05) is 32.6 Å². The lowest BCUT2D eigenvalue weighted by molar-refractivity contribution is 0.372. The van der Waals surface area contributed by atoms with Gasteiger partial charge in [0.05, 0.1) is 6.04 Å². The van der Waals surface area contributed by atoms with Crippen molar-refractivity contribution in [1.82, 2.24) is 5.32 Å². The average Bonchev–Trinajstić information content (AvgIpc) is 3.11. The van der Waals surface area contributed by atoms with E-state index >= 15 is 0 Å². The summed E-state index contributed by atoms with van der Waals surface area (Å²) in [5.74, 6) is 1.62. The highest BCUT2D eigenvalue weighted by Crippen LogP contribution is 2.33. The van der Waals surface area contributed by atoms with Gasteiger partial charge in [-0.15, -0.1) is 0 Å². The summed E-state index contributed by atoms with van der Waals surface area (Å²) in [7, 11) is 0. The Hall–Kier alpha value is -1.35. The molecule has 1 saturated carbocycles. The summed E-state index contributed by atoms with van der Waals surface area (Å²) in [5, 5.41) is 4.37. The third-order valence-electron chi connectivity index (χ3n) is 4.63. The Morgan fingerprint density at radius 2 is 2.10 bits per heavy atom. The normalized spacial score (nSPS) is 17.6. The van der Waals surface area contributed by atoms with Gasteiger partial charge in [-0.2, -0.15) is 0 Å². The zero-order chi connectivity index (χ0) is 14.7. The summed E-state index contributed by atoms with van der Waals surface area (Å²) in [5.41, 5.74) is 0.773. The molecule has 0 bridgehead atoms. The molecule has 0 radical (unpaired) electrons. The van der Waals surface area contributed by atoms with Crippen LogP contribution in [0.5, 0.6) is 0 Å². The largest absolute Gasteiger partial charge is 0.459 e. The second-order valence-corrected chi connectivity index (χ2v) is 6.17. The van der Waals surface area contributed by atoms with Crippen molar-refractivity contribution < 1.29 is 8.81 Å². The van der Waals surface area contributed by atoms with Crippen LogP contribution in [0.25, 0.3) is 11.0 Å². The van der Waals surface area contributed by atoms with Crippen LogP contribution in [0, 0.1) is 11.7 Å². The zero-order valence-corrected chi connectivity index (χ0v) is 12.7. The number of hydrogen-bond acceptors (Lipinski definition) is 2. The van der Waals surface area contributed by atoms with Crippen LogP contribution in [0.2, 0.25) is 0 Å². The molecule has 1 aromatic heterocycles. The van der Waals surface area contributed by atoms with E-state index in [4.69, 9.17) is 4.42 Å². The van der Waals surface area contributed by atoms with Crippen molar-refractivity contribution >= 4 is 11.0 Å². The average molecular weight is 289 g/mol. The van der Waals surface area contributed by atoms with Crippen molar-refractivity contribution in [2.75, 3.05) is 6.54 Å². The molecule has 3 heteroatoms. The maximum absolute atomic E-state index is 13.3. The van der Waals surface area contributed by atoms with Gasteiger partial charge < -0.3 is 9.73 Å². The molecule has 0 amide bonds. The van der Waals surface area contributed by atoms with Crippen LogP contribution in [-0.2, 0) is 0 Å². The molecule has 0 spiro atoms. The molecule has 1 aliphatic carbocycles. The number of halogens is 1. The van der Waals surface area contributed by atoms with E-state index in [9.17, 15) is 4.39 Å². The SMILES string of the molecule is CCNC(CCC1CCCC1)c1cc2cc(F)ccc2o1. The first-order valence-electron chi connectivity index (χ1n) is 8.18. The highest BCUT2D eigenvalue weighted by Gasteiger charge is 2.20. The first kappa shape index (κ1) is 14.6. The molecule has 1 unspecified atom stereocenters. The van der Waals surface area contributed by atoms with Crippen molar-refractivity contribution in [1.29, 1.82) is 0 Å². The van der Waals surface area contributed by atoms with E-state index in [0.29, 0.717) is 0 Å². The fourth-order valence-corrected chi connectivity index (χ4v) is 3.50. The molecule has 1 atom stereocenters. The van der Waals surface area contributed by atoms with Crippen molar-refractivity contribution in [2.45, 2.75) is 51.5 Å². The molecule has 2 nitrogen and oxygen atoms in total. The molecular weight excluding hydrogens is 265 g/mol. The summed E-state index contributed by atoms with van der Waals surface area (Å²) in [4.78, 5) is 0. The molecule has 0 aliphatic heterocycles.